The van der Waals surface area contributed by atoms with Crippen LogP contribution in [0.2, 0.25) is 0 Å². The molecule has 0 bridgehead atoms. The highest BCUT2D eigenvalue weighted by molar-refractivity contribution is 5.22. The third kappa shape index (κ3) is 9.16. The van der Waals surface area contributed by atoms with Crippen molar-refractivity contribution < 1.29 is 119 Å². The zero-order valence-electron chi connectivity index (χ0n) is 42.4. The van der Waals surface area contributed by atoms with Crippen molar-refractivity contribution in [1.29, 1.82) is 0 Å². The van der Waals surface area contributed by atoms with Gasteiger partial charge in [-0.15, -0.1) is 0 Å². The maximum Gasteiger partial charge on any atom is 0.187 e. The van der Waals surface area contributed by atoms with Crippen molar-refractivity contribution in [1.82, 2.24) is 0 Å². The molecule has 0 aromatic heterocycles. The summed E-state index contributed by atoms with van der Waals surface area (Å²) < 4.78 is 60.8. The van der Waals surface area contributed by atoms with Crippen LogP contribution in [0.3, 0.4) is 0 Å². The van der Waals surface area contributed by atoms with Gasteiger partial charge in [-0.25, -0.2) is 0 Å². The first-order chi connectivity index (χ1) is 35.0. The van der Waals surface area contributed by atoms with Crippen LogP contribution in [-0.4, -0.2) is 251 Å². The molecule has 0 amide bonds. The zero-order valence-corrected chi connectivity index (χ0v) is 42.4. The number of rotatable bonds is 11. The van der Waals surface area contributed by atoms with Gasteiger partial charge in [0.25, 0.3) is 0 Å². The number of fused-ring (bicyclic) bond motifs is 7. The van der Waals surface area contributed by atoms with Crippen molar-refractivity contribution in [2.45, 2.75) is 232 Å². The van der Waals surface area contributed by atoms with E-state index < -0.39 is 167 Å². The molecule has 14 N–H and O–H groups in total. The Balaban J connectivity index is 0.831. The monoisotopic (exact) mass is 1070 g/mol. The summed E-state index contributed by atoms with van der Waals surface area (Å²) in [5, 5.41) is 154. The fourth-order valence-electron chi connectivity index (χ4n) is 15.9. The lowest BCUT2D eigenvalue weighted by Gasteiger charge is -2.64. The molecule has 4 saturated carbocycles. The Labute approximate surface area is 429 Å². The molecular formula is C50H82O24. The van der Waals surface area contributed by atoms with Crippen LogP contribution in [-0.2, 0) is 47.4 Å². The second kappa shape index (κ2) is 21.2. The van der Waals surface area contributed by atoms with Gasteiger partial charge < -0.3 is 119 Å². The summed E-state index contributed by atoms with van der Waals surface area (Å²) in [6, 6.07) is 0. The SMILES string of the molecule is C[C@@H]1CC[C@@]2(OC1)O[C@H]1C[C@@]3(O)[C@@H]4CC[C@H]5C[C@@H](O[C@@H]6O[C@H](CO)[C@H](O[C@@H]7O[C@H](CO)[C@@H](O)[C@H](O[C@@H]8OC[C@@H](O)[C@H](O)[C@H]8O)[C@H]7O[C@@H]7O[C@H](CO)[C@H](O)[C@H](O)[C@H]7O)[C@H](O)[C@H]6O)[C@H](O)C[C@]5(C)[C@H]4CC[C@]3(C)[C@H]1[C@@H]2C. The minimum atomic E-state index is -2.03. The van der Waals surface area contributed by atoms with Gasteiger partial charge in [0.05, 0.1) is 56.9 Å². The van der Waals surface area contributed by atoms with E-state index in [-0.39, 0.29) is 46.5 Å². The first-order valence-electron chi connectivity index (χ1n) is 26.9. The molecule has 6 saturated heterocycles. The lowest BCUT2D eigenvalue weighted by Crippen LogP contribution is -2.68. The second-order valence-corrected chi connectivity index (χ2v) is 24.2. The molecule has 10 fully saturated rings. The van der Waals surface area contributed by atoms with Crippen molar-refractivity contribution in [3.05, 3.63) is 0 Å². The van der Waals surface area contributed by atoms with Gasteiger partial charge in [-0.1, -0.05) is 27.7 Å². The first-order valence-corrected chi connectivity index (χ1v) is 26.9. The van der Waals surface area contributed by atoms with Gasteiger partial charge >= 0.3 is 0 Å². The number of aliphatic hydroxyl groups is 14. The van der Waals surface area contributed by atoms with Crippen LogP contribution in [0.15, 0.2) is 0 Å². The average Bonchev–Trinajstić information content (AvgIpc) is 3.78. The highest BCUT2D eigenvalue weighted by atomic mass is 16.8. The molecule has 24 heteroatoms. The van der Waals surface area contributed by atoms with Crippen molar-refractivity contribution in [3.63, 3.8) is 0 Å². The Bertz CT molecular complexity index is 1910. The number of hydrogen-bond acceptors (Lipinski definition) is 24. The molecule has 74 heavy (non-hydrogen) atoms. The van der Waals surface area contributed by atoms with Crippen LogP contribution in [0.1, 0.15) is 85.5 Å². The van der Waals surface area contributed by atoms with Crippen molar-refractivity contribution >= 4 is 0 Å². The summed E-state index contributed by atoms with van der Waals surface area (Å²) in [6.07, 6.45) is -29.8. The third-order valence-corrected chi connectivity index (χ3v) is 20.2. The minimum Gasteiger partial charge on any atom is -0.394 e. The van der Waals surface area contributed by atoms with E-state index >= 15 is 0 Å². The van der Waals surface area contributed by atoms with Crippen molar-refractivity contribution in [2.24, 2.45) is 46.3 Å². The van der Waals surface area contributed by atoms with Gasteiger partial charge in [-0.3, -0.25) is 0 Å². The number of hydrogen-bond donors (Lipinski definition) is 14. The Morgan fingerprint density at radius 3 is 1.85 bits per heavy atom. The van der Waals surface area contributed by atoms with Crippen LogP contribution in [0.5, 0.6) is 0 Å². The minimum absolute atomic E-state index is 0.0140. The molecule has 10 aliphatic rings. The van der Waals surface area contributed by atoms with Crippen molar-refractivity contribution in [3.8, 4) is 0 Å². The van der Waals surface area contributed by atoms with Gasteiger partial charge in [-0.05, 0) is 74.0 Å². The Hall–Kier alpha value is -0.960. The van der Waals surface area contributed by atoms with E-state index in [9.17, 15) is 71.5 Å². The summed E-state index contributed by atoms with van der Waals surface area (Å²) in [6.45, 7) is 6.40. The fourth-order valence-corrected chi connectivity index (χ4v) is 15.9. The summed E-state index contributed by atoms with van der Waals surface area (Å²) in [5.74, 6) is 0.284. The van der Waals surface area contributed by atoms with Gasteiger partial charge in [-0.2, -0.15) is 0 Å². The van der Waals surface area contributed by atoms with Gasteiger partial charge in [0.15, 0.2) is 30.9 Å². The smallest absolute Gasteiger partial charge is 0.187 e. The van der Waals surface area contributed by atoms with Gasteiger partial charge in [0.2, 0.25) is 0 Å². The molecule has 426 valence electrons. The lowest BCUT2D eigenvalue weighted by atomic mass is 9.42. The maximum atomic E-state index is 13.0. The highest BCUT2D eigenvalue weighted by Crippen LogP contribution is 2.73. The van der Waals surface area contributed by atoms with E-state index in [1.165, 1.54) is 0 Å². The Kier molecular flexibility index (Phi) is 16.1. The van der Waals surface area contributed by atoms with Crippen LogP contribution < -0.4 is 0 Å². The van der Waals surface area contributed by atoms with Crippen LogP contribution >= 0.6 is 0 Å². The van der Waals surface area contributed by atoms with E-state index in [4.69, 9.17) is 47.4 Å². The fraction of sp³-hybridized carbons (Fsp3) is 1.00. The molecule has 1 spiro atoms. The average molecular weight is 1070 g/mol. The summed E-state index contributed by atoms with van der Waals surface area (Å²) in [7, 11) is 0. The summed E-state index contributed by atoms with van der Waals surface area (Å²) in [5.41, 5.74) is -1.72. The predicted octanol–water partition coefficient (Wildman–Crippen LogP) is -4.18. The second-order valence-electron chi connectivity index (χ2n) is 24.2. The standard InChI is InChI=1S/C50H82O24/c1-19-7-10-50(66-17-19)20(2)31-27(74-50)13-49(64)23-6-5-21-11-26(24(54)12-47(21,3)22(23)8-9-48(31,49)4)67-44-39(63)36(60)40(30(16-53)70-44)71-46-42(73-45-38(62)35(59)33(57)28(14-51)68-45)41(34(58)29(15-52)69-46)72-43-37(61)32(56)25(55)18-65-43/h19-46,51-64H,5-18H2,1-4H3/t19-,20+,21+,22+,23-,24-,25-,26-,27+,28-,29-,30-,31+,32+,33+,34-,35+,36-,37-,38-,39-,40+,41+,42-,43+,44-,45+,46+,47+,48-,49-,50-/m1/s1. The highest BCUT2D eigenvalue weighted by Gasteiger charge is 2.75. The molecular weight excluding hydrogens is 985 g/mol. The molecule has 4 aliphatic carbocycles. The topological polar surface area (TPSA) is 376 Å². The van der Waals surface area contributed by atoms with E-state index in [1.54, 1.807) is 0 Å². The lowest BCUT2D eigenvalue weighted by molar-refractivity contribution is -0.404. The van der Waals surface area contributed by atoms with E-state index in [2.05, 4.69) is 27.7 Å². The summed E-state index contributed by atoms with van der Waals surface area (Å²) >= 11 is 0. The van der Waals surface area contributed by atoms with Crippen LogP contribution in [0, 0.1) is 46.3 Å². The molecule has 0 aromatic carbocycles. The van der Waals surface area contributed by atoms with Gasteiger partial charge in [0.1, 0.15) is 91.6 Å². The molecule has 24 nitrogen and oxygen atoms in total. The molecule has 6 heterocycles. The number of aliphatic hydroxyl groups excluding tert-OH is 13. The maximum absolute atomic E-state index is 13.0. The molecule has 6 aliphatic heterocycles. The number of ether oxygens (including phenoxy) is 10. The largest absolute Gasteiger partial charge is 0.394 e. The molecule has 32 atom stereocenters. The normalized spacial score (nSPS) is 58.6. The molecule has 10 rings (SSSR count). The zero-order chi connectivity index (χ0) is 53.1. The molecule has 0 unspecified atom stereocenters. The van der Waals surface area contributed by atoms with E-state index in [0.717, 1.165) is 38.5 Å². The first kappa shape index (κ1) is 56.3. The summed E-state index contributed by atoms with van der Waals surface area (Å²) in [4.78, 5) is 0. The Morgan fingerprint density at radius 2 is 1.16 bits per heavy atom. The van der Waals surface area contributed by atoms with Crippen molar-refractivity contribution in [2.75, 3.05) is 33.0 Å². The third-order valence-electron chi connectivity index (χ3n) is 20.2. The van der Waals surface area contributed by atoms with Crippen LogP contribution in [0.4, 0.5) is 0 Å². The van der Waals surface area contributed by atoms with Gasteiger partial charge in [0, 0.05) is 30.1 Å². The Morgan fingerprint density at radius 1 is 0.541 bits per heavy atom. The van der Waals surface area contributed by atoms with Crippen LogP contribution in [0.25, 0.3) is 0 Å². The molecule has 0 radical (unpaired) electrons. The molecule has 0 aromatic rings. The van der Waals surface area contributed by atoms with E-state index in [0.29, 0.717) is 31.8 Å². The van der Waals surface area contributed by atoms with E-state index in [1.807, 2.05) is 0 Å². The predicted molar refractivity (Wildman–Crippen MR) is 245 cm³/mol. The quantitative estimate of drug-likeness (QED) is 0.0873.